The zero-order valence-corrected chi connectivity index (χ0v) is 20.3. The van der Waals surface area contributed by atoms with Gasteiger partial charge in [0, 0.05) is 12.3 Å². The number of nitrogens with zero attached hydrogens (tertiary/aromatic N) is 1. The van der Waals surface area contributed by atoms with Gasteiger partial charge in [-0.25, -0.2) is 13.9 Å². The Morgan fingerprint density at radius 2 is 1.57 bits per heavy atom. The summed E-state index contributed by atoms with van der Waals surface area (Å²) in [6.45, 7) is -1.37. The van der Waals surface area contributed by atoms with Crippen molar-refractivity contribution in [2.24, 2.45) is 5.73 Å². The van der Waals surface area contributed by atoms with Crippen LogP contribution in [0.2, 0.25) is 0 Å². The lowest BCUT2D eigenvalue weighted by molar-refractivity contribution is -0.248. The molecule has 0 spiro atoms. The Hall–Kier alpha value is -1.42. The molecule has 2 fully saturated rings. The van der Waals surface area contributed by atoms with Gasteiger partial charge in [-0.1, -0.05) is 0 Å². The van der Waals surface area contributed by atoms with Gasteiger partial charge < -0.3 is 60.5 Å². The van der Waals surface area contributed by atoms with Crippen molar-refractivity contribution in [2.75, 3.05) is 13.2 Å². The van der Waals surface area contributed by atoms with E-state index in [9.17, 15) is 39.1 Å². The number of nitrogens with two attached hydrogens (primary N) is 1. The quantitative estimate of drug-likeness (QED) is 0.133. The smallest absolute Gasteiger partial charge is 0.394 e. The van der Waals surface area contributed by atoms with E-state index in [-0.39, 0.29) is 0 Å². The standard InChI is InChI=1S/C9H14N2O12P2.C6H13NO5/c12-5-1-2-11(9(15)10-5)8-7(14)6(13)4(22-8)3-21-25(19,20)23-24(16,17)18;7-3-5(10)4(9)2(1-8)12-6(3)11/h1-2,4,6-8,13-14H,3H2,(H,19,20)(H,10,12,15)(H2,16,17,18);2-6,8-11H,1,7H2/t4-,6-,7-,8-;2-,3-,4-,5-,6?/m11/s1. The minimum absolute atomic E-state index is 0.470. The maximum absolute atomic E-state index is 11.7. The predicted octanol–water partition coefficient (Wildman–Crippen LogP) is -5.87. The molecular weight excluding hydrogens is 556 g/mol. The van der Waals surface area contributed by atoms with Gasteiger partial charge in [0.05, 0.1) is 19.3 Å². The second-order valence-electron chi connectivity index (χ2n) is 7.71. The molecule has 37 heavy (non-hydrogen) atoms. The zero-order chi connectivity index (χ0) is 28.3. The number of nitrogens with one attached hydrogen (secondary N) is 1. The minimum Gasteiger partial charge on any atom is -0.394 e. The van der Waals surface area contributed by atoms with Crippen LogP contribution in [-0.2, 0) is 27.4 Å². The number of aliphatic hydroxyl groups is 6. The first kappa shape index (κ1) is 31.8. The molecule has 0 radical (unpaired) electrons. The Kier molecular flexibility index (Phi) is 10.8. The van der Waals surface area contributed by atoms with Gasteiger partial charge in [0.1, 0.15) is 36.6 Å². The third-order valence-corrected chi connectivity index (χ3v) is 7.17. The molecule has 2 aliphatic heterocycles. The fraction of sp³-hybridized carbons (Fsp3) is 0.733. The molecule has 3 heterocycles. The molecule has 2 aliphatic rings. The second kappa shape index (κ2) is 12.6. The van der Waals surface area contributed by atoms with Crippen molar-refractivity contribution in [3.63, 3.8) is 0 Å². The Morgan fingerprint density at radius 1 is 0.973 bits per heavy atom. The van der Waals surface area contributed by atoms with Crippen molar-refractivity contribution in [2.45, 2.75) is 55.2 Å². The minimum atomic E-state index is -5.32. The van der Waals surface area contributed by atoms with Gasteiger partial charge in [-0.3, -0.25) is 18.9 Å². The molecule has 0 bridgehead atoms. The number of hydrogen-bond acceptors (Lipinski definition) is 15. The molecule has 1 aromatic heterocycles. The summed E-state index contributed by atoms with van der Waals surface area (Å²) in [6.07, 6.45) is -10.1. The largest absolute Gasteiger partial charge is 0.481 e. The van der Waals surface area contributed by atoms with Crippen LogP contribution >= 0.6 is 15.6 Å². The van der Waals surface area contributed by atoms with E-state index in [1.807, 2.05) is 4.98 Å². The average Bonchev–Trinajstić information content (AvgIpc) is 3.06. The molecule has 1 aromatic rings. The topological polar surface area (TPSA) is 334 Å². The van der Waals surface area contributed by atoms with Crippen LogP contribution in [-0.4, -0.2) is 117 Å². The van der Waals surface area contributed by atoms with Crippen LogP contribution in [0.15, 0.2) is 21.9 Å². The number of phosphoric ester groups is 1. The maximum Gasteiger partial charge on any atom is 0.481 e. The van der Waals surface area contributed by atoms with E-state index in [0.717, 1.165) is 16.8 Å². The summed E-state index contributed by atoms with van der Waals surface area (Å²) in [4.78, 5) is 50.7. The summed E-state index contributed by atoms with van der Waals surface area (Å²) >= 11 is 0. The van der Waals surface area contributed by atoms with Crippen LogP contribution < -0.4 is 17.0 Å². The number of aliphatic hydroxyl groups excluding tert-OH is 6. The SMILES string of the molecule is N[C@H]1C(O)O[C@H](CO)[C@@H](O)[C@@H]1O.O=c1ccn([C@@H]2O[C@H](COP(=O)(O)OP(=O)(O)O)[C@@H](O)[C@H]2O)c(=O)[nH]1. The zero-order valence-electron chi connectivity index (χ0n) is 18.5. The van der Waals surface area contributed by atoms with Crippen molar-refractivity contribution in [3.8, 4) is 0 Å². The highest BCUT2D eigenvalue weighted by atomic mass is 31.3. The Bertz CT molecular complexity index is 1100. The summed E-state index contributed by atoms with van der Waals surface area (Å²) in [5.41, 5.74) is 3.62. The number of aromatic nitrogens is 2. The van der Waals surface area contributed by atoms with Gasteiger partial charge >= 0.3 is 21.3 Å². The fourth-order valence-electron chi connectivity index (χ4n) is 3.17. The van der Waals surface area contributed by atoms with Crippen molar-refractivity contribution in [1.29, 1.82) is 0 Å². The maximum atomic E-state index is 11.7. The monoisotopic (exact) mass is 583 g/mol. The van der Waals surface area contributed by atoms with E-state index in [1.54, 1.807) is 0 Å². The molecule has 10 atom stereocenters. The van der Waals surface area contributed by atoms with Crippen LogP contribution in [0, 0.1) is 0 Å². The van der Waals surface area contributed by atoms with Gasteiger partial charge in [-0.2, -0.15) is 4.31 Å². The fourth-order valence-corrected chi connectivity index (χ4v) is 4.77. The molecule has 2 unspecified atom stereocenters. The molecule has 20 nitrogen and oxygen atoms in total. The number of rotatable bonds is 7. The molecule has 0 aromatic carbocycles. The number of aromatic amines is 1. The molecule has 0 amide bonds. The Balaban J connectivity index is 0.000000335. The number of ether oxygens (including phenoxy) is 2. The average molecular weight is 583 g/mol. The van der Waals surface area contributed by atoms with E-state index >= 15 is 0 Å². The molecule has 2 saturated heterocycles. The first-order valence-corrected chi connectivity index (χ1v) is 13.1. The van der Waals surface area contributed by atoms with E-state index in [0.29, 0.717) is 0 Å². The number of hydrogen-bond donors (Lipinski definition) is 11. The Labute approximate surface area is 205 Å². The van der Waals surface area contributed by atoms with Gasteiger partial charge in [0.15, 0.2) is 12.5 Å². The molecule has 0 aliphatic carbocycles. The molecule has 12 N–H and O–H groups in total. The van der Waals surface area contributed by atoms with E-state index in [2.05, 4.69) is 8.83 Å². The first-order chi connectivity index (χ1) is 17.0. The highest BCUT2D eigenvalue weighted by Crippen LogP contribution is 2.57. The lowest BCUT2D eigenvalue weighted by atomic mass is 9.98. The molecule has 214 valence electrons. The molecule has 22 heteroatoms. The van der Waals surface area contributed by atoms with E-state index in [1.165, 1.54) is 0 Å². The van der Waals surface area contributed by atoms with Crippen molar-refractivity contribution >= 4 is 15.6 Å². The van der Waals surface area contributed by atoms with Crippen LogP contribution in [0.5, 0.6) is 0 Å². The van der Waals surface area contributed by atoms with Gasteiger partial charge in [-0.05, 0) is 0 Å². The van der Waals surface area contributed by atoms with Crippen LogP contribution in [0.1, 0.15) is 6.23 Å². The summed E-state index contributed by atoms with van der Waals surface area (Å²) in [5, 5.41) is 55.8. The van der Waals surface area contributed by atoms with Crippen LogP contribution in [0.3, 0.4) is 0 Å². The summed E-state index contributed by atoms with van der Waals surface area (Å²) in [7, 11) is -10.5. The second-order valence-corrected chi connectivity index (χ2v) is 10.5. The van der Waals surface area contributed by atoms with Crippen molar-refractivity contribution < 1.29 is 72.8 Å². The lowest BCUT2D eigenvalue weighted by Crippen LogP contribution is -2.61. The van der Waals surface area contributed by atoms with E-state index in [4.69, 9.17) is 40.1 Å². The van der Waals surface area contributed by atoms with Crippen LogP contribution in [0.25, 0.3) is 0 Å². The predicted molar refractivity (Wildman–Crippen MR) is 114 cm³/mol. The molecule has 0 saturated carbocycles. The first-order valence-electron chi connectivity index (χ1n) is 10.1. The van der Waals surface area contributed by atoms with Gasteiger partial charge in [0.2, 0.25) is 0 Å². The number of H-pyrrole nitrogens is 1. The summed E-state index contributed by atoms with van der Waals surface area (Å²) in [5.74, 6) is 0. The highest BCUT2D eigenvalue weighted by Gasteiger charge is 2.46. The van der Waals surface area contributed by atoms with Gasteiger partial charge in [0.25, 0.3) is 5.56 Å². The third-order valence-electron chi connectivity index (χ3n) is 5.02. The van der Waals surface area contributed by atoms with E-state index < -0.39 is 95.3 Å². The normalized spacial score (nSPS) is 35.9. The lowest BCUT2D eigenvalue weighted by Gasteiger charge is -2.38. The molecular formula is C15H27N3O17P2. The molecule has 3 rings (SSSR count). The Morgan fingerprint density at radius 3 is 2.11 bits per heavy atom. The number of phosphoric acid groups is 2. The van der Waals surface area contributed by atoms with Gasteiger partial charge in [-0.15, -0.1) is 0 Å². The summed E-state index contributed by atoms with van der Waals surface area (Å²) in [6, 6.07) is -0.0773. The van der Waals surface area contributed by atoms with Crippen molar-refractivity contribution in [3.05, 3.63) is 33.1 Å². The highest BCUT2D eigenvalue weighted by molar-refractivity contribution is 7.60. The van der Waals surface area contributed by atoms with Crippen molar-refractivity contribution in [1.82, 2.24) is 9.55 Å². The summed E-state index contributed by atoms with van der Waals surface area (Å²) < 4.78 is 40.3. The van der Waals surface area contributed by atoms with Crippen LogP contribution in [0.4, 0.5) is 0 Å². The third kappa shape index (κ3) is 8.53.